The molecule has 408 valence electrons. The van der Waals surface area contributed by atoms with Crippen LogP contribution in [0, 0.1) is 0 Å². The molecule has 0 rings (SSSR count). The molecule has 1 unspecified atom stereocenters. The maximum atomic E-state index is 12.9. The minimum absolute atomic E-state index is 0.106. The first kappa shape index (κ1) is 67.6. The fourth-order valence-electron chi connectivity index (χ4n) is 8.43. The van der Waals surface area contributed by atoms with Gasteiger partial charge < -0.3 is 14.2 Å². The van der Waals surface area contributed by atoms with Crippen LogP contribution in [-0.2, 0) is 28.6 Å². The molecule has 0 heterocycles. The lowest BCUT2D eigenvalue weighted by Crippen LogP contribution is -2.30. The van der Waals surface area contributed by atoms with Crippen LogP contribution >= 0.6 is 0 Å². The van der Waals surface area contributed by atoms with Crippen LogP contribution in [0.1, 0.15) is 290 Å². The average Bonchev–Trinajstić information content (AvgIpc) is 3.37. The van der Waals surface area contributed by atoms with Crippen LogP contribution in [-0.4, -0.2) is 37.2 Å². The summed E-state index contributed by atoms with van der Waals surface area (Å²) in [6.07, 6.45) is 77.5. The molecule has 0 saturated carbocycles. The molecule has 0 N–H and O–H groups in total. The lowest BCUT2D eigenvalue weighted by atomic mass is 10.0. The molecule has 0 radical (unpaired) electrons. The van der Waals surface area contributed by atoms with Gasteiger partial charge in [-0.15, -0.1) is 0 Å². The zero-order chi connectivity index (χ0) is 51.4. The number of carbonyl (C=O) groups excluding carboxylic acids is 3. The van der Waals surface area contributed by atoms with Gasteiger partial charge in [0.1, 0.15) is 13.2 Å². The Balaban J connectivity index is 4.43. The van der Waals surface area contributed by atoms with E-state index in [2.05, 4.69) is 93.7 Å². The van der Waals surface area contributed by atoms with Crippen molar-refractivity contribution in [1.82, 2.24) is 0 Å². The number of hydrogen-bond donors (Lipinski definition) is 0. The van der Waals surface area contributed by atoms with Gasteiger partial charge in [0.15, 0.2) is 6.10 Å². The van der Waals surface area contributed by atoms with Crippen molar-refractivity contribution in [2.75, 3.05) is 13.2 Å². The summed E-state index contributed by atoms with van der Waals surface area (Å²) in [7, 11) is 0. The zero-order valence-electron chi connectivity index (χ0n) is 46.7. The molecule has 0 aliphatic carbocycles. The highest BCUT2D eigenvalue weighted by Crippen LogP contribution is 2.16. The molecule has 6 heteroatoms. The molecule has 0 fully saturated rings. The molecule has 0 aliphatic heterocycles. The molecule has 1 atom stereocenters. The molecule has 0 aromatic carbocycles. The van der Waals surface area contributed by atoms with Crippen molar-refractivity contribution in [2.24, 2.45) is 0 Å². The van der Waals surface area contributed by atoms with E-state index in [0.29, 0.717) is 12.8 Å². The normalized spacial score (nSPS) is 12.7. The number of carbonyl (C=O) groups is 3. The second kappa shape index (κ2) is 59.2. The van der Waals surface area contributed by atoms with Gasteiger partial charge in [0, 0.05) is 12.8 Å². The number of unbranched alkanes of at least 4 members (excludes halogenated alkanes) is 30. The molecular formula is C65H112O6. The first-order valence-corrected chi connectivity index (χ1v) is 30.1. The summed E-state index contributed by atoms with van der Waals surface area (Å²) in [6, 6.07) is 0. The van der Waals surface area contributed by atoms with Crippen LogP contribution in [0.15, 0.2) is 85.1 Å². The summed E-state index contributed by atoms with van der Waals surface area (Å²) in [5.41, 5.74) is 0. The number of hydrogen-bond acceptors (Lipinski definition) is 6. The quantitative estimate of drug-likeness (QED) is 0.0261. The Morgan fingerprint density at radius 1 is 0.310 bits per heavy atom. The monoisotopic (exact) mass is 989 g/mol. The van der Waals surface area contributed by atoms with Gasteiger partial charge in [-0.3, -0.25) is 14.4 Å². The van der Waals surface area contributed by atoms with E-state index < -0.39 is 12.1 Å². The van der Waals surface area contributed by atoms with E-state index in [4.69, 9.17) is 14.2 Å². The molecule has 0 saturated heterocycles. The highest BCUT2D eigenvalue weighted by molar-refractivity contribution is 5.72. The zero-order valence-corrected chi connectivity index (χ0v) is 46.7. The van der Waals surface area contributed by atoms with Crippen LogP contribution in [0.3, 0.4) is 0 Å². The number of allylic oxidation sites excluding steroid dienone is 13. The average molecular weight is 990 g/mol. The van der Waals surface area contributed by atoms with Crippen LogP contribution in [0.25, 0.3) is 0 Å². The summed E-state index contributed by atoms with van der Waals surface area (Å²) in [5, 5.41) is 0. The molecule has 0 aliphatic rings. The van der Waals surface area contributed by atoms with Gasteiger partial charge in [-0.25, -0.2) is 0 Å². The van der Waals surface area contributed by atoms with Crippen molar-refractivity contribution in [3.05, 3.63) is 85.1 Å². The number of rotatable bonds is 54. The maximum absolute atomic E-state index is 12.9. The second-order valence-electron chi connectivity index (χ2n) is 19.9. The lowest BCUT2D eigenvalue weighted by molar-refractivity contribution is -0.166. The van der Waals surface area contributed by atoms with Gasteiger partial charge in [-0.05, 0) is 77.0 Å². The third-order valence-electron chi connectivity index (χ3n) is 12.9. The fourth-order valence-corrected chi connectivity index (χ4v) is 8.43. The van der Waals surface area contributed by atoms with Gasteiger partial charge in [0.25, 0.3) is 0 Å². The molecule has 6 nitrogen and oxygen atoms in total. The molecule has 0 amide bonds. The molecule has 71 heavy (non-hydrogen) atoms. The van der Waals surface area contributed by atoms with E-state index >= 15 is 0 Å². The summed E-state index contributed by atoms with van der Waals surface area (Å²) >= 11 is 0. The first-order valence-electron chi connectivity index (χ1n) is 30.1. The minimum atomic E-state index is -0.817. The van der Waals surface area contributed by atoms with Crippen molar-refractivity contribution in [3.63, 3.8) is 0 Å². The second-order valence-corrected chi connectivity index (χ2v) is 19.9. The van der Waals surface area contributed by atoms with Gasteiger partial charge in [-0.2, -0.15) is 0 Å². The third kappa shape index (κ3) is 57.4. The van der Waals surface area contributed by atoms with E-state index in [0.717, 1.165) is 77.0 Å². The summed E-state index contributed by atoms with van der Waals surface area (Å²) in [6.45, 7) is 6.45. The molecule has 0 bridgehead atoms. The lowest BCUT2D eigenvalue weighted by Gasteiger charge is -2.18. The fraction of sp³-hybridized carbons (Fsp3) is 0.738. The summed E-state index contributed by atoms with van der Waals surface area (Å²) < 4.78 is 16.8. The Labute approximate surface area is 439 Å². The summed E-state index contributed by atoms with van der Waals surface area (Å²) in [4.78, 5) is 38.2. The van der Waals surface area contributed by atoms with Crippen molar-refractivity contribution >= 4 is 17.9 Å². The Bertz CT molecular complexity index is 1370. The van der Waals surface area contributed by atoms with Gasteiger partial charge in [0.2, 0.25) is 0 Å². The SMILES string of the molecule is CC/C=C\C/C=C\C/C=C\C/C=C\C/C=C\CC(=O)OCC(COC(=O)CCCCCCCCCCC/C=C\C/C=C\CCCCCCC)OC(=O)CCCCCCCCCCCCCCCCCCC. The van der Waals surface area contributed by atoms with Gasteiger partial charge >= 0.3 is 17.9 Å². The smallest absolute Gasteiger partial charge is 0.309 e. The van der Waals surface area contributed by atoms with Crippen LogP contribution < -0.4 is 0 Å². The molecule has 0 spiro atoms. The highest BCUT2D eigenvalue weighted by atomic mass is 16.6. The van der Waals surface area contributed by atoms with E-state index in [1.165, 1.54) is 173 Å². The Morgan fingerprint density at radius 3 is 0.986 bits per heavy atom. The molecular weight excluding hydrogens is 877 g/mol. The Hall–Kier alpha value is -3.41. The number of esters is 3. The first-order chi connectivity index (χ1) is 35.0. The summed E-state index contributed by atoms with van der Waals surface area (Å²) in [5.74, 6) is -1.03. The standard InChI is InChI=1S/C65H112O6/c1-4-7-10-13-16-19-22-25-28-30-31-32-33-35-37-40-43-46-49-52-55-58-64(67)70-61-62(60-69-63(66)57-54-51-48-45-42-39-36-27-24-21-18-15-12-9-6-3)71-65(68)59-56-53-50-47-44-41-38-34-29-26-23-20-17-14-11-8-5-2/h9,12,18,21-22,25,27,30-31,36,42,45,51,54,62H,4-8,10-11,13-17,19-20,23-24,26,28-29,32-35,37-41,43-44,46-50,52-53,55-61H2,1-3H3/b12-9-,21-18-,25-22-,31-30-,36-27-,45-42-,54-51-. The minimum Gasteiger partial charge on any atom is -0.462 e. The molecule has 0 aromatic heterocycles. The van der Waals surface area contributed by atoms with Crippen LogP contribution in [0.4, 0.5) is 0 Å². The van der Waals surface area contributed by atoms with E-state index in [-0.39, 0.29) is 31.6 Å². The van der Waals surface area contributed by atoms with Crippen molar-refractivity contribution in [2.45, 2.75) is 297 Å². The Morgan fingerprint density at radius 2 is 0.606 bits per heavy atom. The predicted octanol–water partition coefficient (Wildman–Crippen LogP) is 20.3. The van der Waals surface area contributed by atoms with Crippen molar-refractivity contribution < 1.29 is 28.6 Å². The third-order valence-corrected chi connectivity index (χ3v) is 12.9. The van der Waals surface area contributed by atoms with E-state index in [1.807, 2.05) is 6.08 Å². The Kier molecular flexibility index (Phi) is 56.3. The van der Waals surface area contributed by atoms with Gasteiger partial charge in [-0.1, -0.05) is 279 Å². The topological polar surface area (TPSA) is 78.9 Å². The van der Waals surface area contributed by atoms with E-state index in [1.54, 1.807) is 6.08 Å². The van der Waals surface area contributed by atoms with Crippen molar-refractivity contribution in [1.29, 1.82) is 0 Å². The molecule has 0 aromatic rings. The highest BCUT2D eigenvalue weighted by Gasteiger charge is 2.19. The van der Waals surface area contributed by atoms with Gasteiger partial charge in [0.05, 0.1) is 6.42 Å². The number of ether oxygens (including phenoxy) is 3. The predicted molar refractivity (Wildman–Crippen MR) is 307 cm³/mol. The van der Waals surface area contributed by atoms with Crippen LogP contribution in [0.2, 0.25) is 0 Å². The van der Waals surface area contributed by atoms with Crippen molar-refractivity contribution in [3.8, 4) is 0 Å². The van der Waals surface area contributed by atoms with E-state index in [9.17, 15) is 14.4 Å². The van der Waals surface area contributed by atoms with Crippen LogP contribution in [0.5, 0.6) is 0 Å². The maximum Gasteiger partial charge on any atom is 0.309 e. The largest absolute Gasteiger partial charge is 0.462 e.